The molecule has 4 heteroatoms. The van der Waals surface area contributed by atoms with E-state index < -0.39 is 5.60 Å². The van der Waals surface area contributed by atoms with E-state index in [4.69, 9.17) is 10.5 Å². The number of rotatable bonds is 3. The number of aromatic nitrogens is 2. The molecule has 2 N–H and O–H groups in total. The van der Waals surface area contributed by atoms with E-state index in [-0.39, 0.29) is 0 Å². The minimum Gasteiger partial charge on any atom is -0.372 e. The zero-order valence-electron chi connectivity index (χ0n) is 7.74. The second kappa shape index (κ2) is 3.25. The smallest absolute Gasteiger partial charge is 0.105 e. The maximum absolute atomic E-state index is 5.60. The molecule has 0 fully saturated rings. The normalized spacial score (nSPS) is 16.0. The average Bonchev–Trinajstić information content (AvgIpc) is 2.51. The second-order valence-electron chi connectivity index (χ2n) is 3.04. The molecule has 4 nitrogen and oxygen atoms in total. The van der Waals surface area contributed by atoms with Gasteiger partial charge in [0, 0.05) is 32.5 Å². The Labute approximate surface area is 72.3 Å². The summed E-state index contributed by atoms with van der Waals surface area (Å²) in [5.41, 5.74) is 6.20. The van der Waals surface area contributed by atoms with Crippen molar-refractivity contribution in [3.8, 4) is 0 Å². The fourth-order valence-electron chi connectivity index (χ4n) is 1.01. The van der Waals surface area contributed by atoms with Gasteiger partial charge in [0.05, 0.1) is 6.20 Å². The van der Waals surface area contributed by atoms with Crippen molar-refractivity contribution >= 4 is 0 Å². The zero-order chi connectivity index (χ0) is 9.19. The summed E-state index contributed by atoms with van der Waals surface area (Å²) in [5, 5.41) is 4.06. The predicted molar refractivity (Wildman–Crippen MR) is 46.6 cm³/mol. The minimum absolute atomic E-state index is 0.408. The first-order valence-electron chi connectivity index (χ1n) is 3.87. The van der Waals surface area contributed by atoms with Gasteiger partial charge in [0.1, 0.15) is 5.60 Å². The molecule has 0 spiro atoms. The first kappa shape index (κ1) is 9.22. The quantitative estimate of drug-likeness (QED) is 0.705. The Morgan fingerprint density at radius 3 is 2.75 bits per heavy atom. The van der Waals surface area contributed by atoms with Gasteiger partial charge in [0.15, 0.2) is 0 Å². The Kier molecular flexibility index (Phi) is 2.49. The van der Waals surface area contributed by atoms with Crippen molar-refractivity contribution in [2.45, 2.75) is 12.5 Å². The Balaban J connectivity index is 2.94. The van der Waals surface area contributed by atoms with Crippen LogP contribution in [-0.4, -0.2) is 23.4 Å². The summed E-state index contributed by atoms with van der Waals surface area (Å²) in [6, 6.07) is 0. The van der Waals surface area contributed by atoms with Crippen LogP contribution in [0, 0.1) is 0 Å². The third-order valence-corrected chi connectivity index (χ3v) is 2.16. The van der Waals surface area contributed by atoms with Crippen molar-refractivity contribution in [1.29, 1.82) is 0 Å². The monoisotopic (exact) mass is 169 g/mol. The van der Waals surface area contributed by atoms with Gasteiger partial charge in [-0.1, -0.05) is 0 Å². The van der Waals surface area contributed by atoms with Crippen LogP contribution in [0.3, 0.4) is 0 Å². The highest BCUT2D eigenvalue weighted by Crippen LogP contribution is 2.21. The van der Waals surface area contributed by atoms with E-state index in [1.54, 1.807) is 18.0 Å². The zero-order valence-corrected chi connectivity index (χ0v) is 7.74. The number of hydrogen-bond acceptors (Lipinski definition) is 3. The molecule has 1 unspecified atom stereocenters. The fraction of sp³-hybridized carbons (Fsp3) is 0.625. The minimum atomic E-state index is -0.408. The largest absolute Gasteiger partial charge is 0.372 e. The molecule has 0 aliphatic carbocycles. The maximum atomic E-state index is 5.60. The van der Waals surface area contributed by atoms with Crippen molar-refractivity contribution in [2.24, 2.45) is 12.8 Å². The van der Waals surface area contributed by atoms with E-state index in [0.717, 1.165) is 5.56 Å². The molecule has 0 amide bonds. The van der Waals surface area contributed by atoms with Crippen LogP contribution in [0.15, 0.2) is 12.4 Å². The third kappa shape index (κ3) is 1.49. The van der Waals surface area contributed by atoms with Gasteiger partial charge in [0.25, 0.3) is 0 Å². The molecule has 0 bridgehead atoms. The van der Waals surface area contributed by atoms with E-state index in [0.29, 0.717) is 6.54 Å². The van der Waals surface area contributed by atoms with Gasteiger partial charge in [-0.25, -0.2) is 0 Å². The molecule has 1 atom stereocenters. The second-order valence-corrected chi connectivity index (χ2v) is 3.04. The molecule has 1 aromatic rings. The summed E-state index contributed by atoms with van der Waals surface area (Å²) in [4.78, 5) is 0. The number of nitrogens with zero attached hydrogens (tertiary/aromatic N) is 2. The molecule has 12 heavy (non-hydrogen) atoms. The predicted octanol–water partition coefficient (Wildman–Crippen LogP) is 0.240. The van der Waals surface area contributed by atoms with Gasteiger partial charge < -0.3 is 10.5 Å². The highest BCUT2D eigenvalue weighted by atomic mass is 16.5. The number of aryl methyl sites for hydroxylation is 1. The van der Waals surface area contributed by atoms with E-state index in [9.17, 15) is 0 Å². The van der Waals surface area contributed by atoms with Crippen molar-refractivity contribution < 1.29 is 4.74 Å². The van der Waals surface area contributed by atoms with Crippen molar-refractivity contribution in [3.63, 3.8) is 0 Å². The van der Waals surface area contributed by atoms with Crippen LogP contribution in [-0.2, 0) is 17.4 Å². The first-order valence-corrected chi connectivity index (χ1v) is 3.87. The Morgan fingerprint density at radius 2 is 2.42 bits per heavy atom. The van der Waals surface area contributed by atoms with Crippen LogP contribution in [0.1, 0.15) is 12.5 Å². The maximum Gasteiger partial charge on any atom is 0.105 e. The van der Waals surface area contributed by atoms with E-state index in [1.165, 1.54) is 0 Å². The van der Waals surface area contributed by atoms with Crippen LogP contribution in [0.2, 0.25) is 0 Å². The molecule has 1 heterocycles. The third-order valence-electron chi connectivity index (χ3n) is 2.16. The molecule has 68 valence electrons. The van der Waals surface area contributed by atoms with Crippen LogP contribution in [0.25, 0.3) is 0 Å². The summed E-state index contributed by atoms with van der Waals surface area (Å²) in [6.45, 7) is 2.40. The van der Waals surface area contributed by atoms with Gasteiger partial charge in [-0.05, 0) is 6.92 Å². The summed E-state index contributed by atoms with van der Waals surface area (Å²) in [7, 11) is 3.52. The van der Waals surface area contributed by atoms with E-state index >= 15 is 0 Å². The van der Waals surface area contributed by atoms with Crippen LogP contribution < -0.4 is 5.73 Å². The molecule has 0 aliphatic rings. The molecular weight excluding hydrogens is 154 g/mol. The van der Waals surface area contributed by atoms with E-state index in [2.05, 4.69) is 5.10 Å². The van der Waals surface area contributed by atoms with Gasteiger partial charge in [0.2, 0.25) is 0 Å². The van der Waals surface area contributed by atoms with Crippen molar-refractivity contribution in [3.05, 3.63) is 18.0 Å². The number of nitrogens with two attached hydrogens (primary N) is 1. The van der Waals surface area contributed by atoms with Crippen molar-refractivity contribution in [2.75, 3.05) is 13.7 Å². The molecule has 0 aliphatic heterocycles. The Bertz CT molecular complexity index is 253. The molecule has 1 rings (SSSR count). The van der Waals surface area contributed by atoms with Crippen LogP contribution in [0.5, 0.6) is 0 Å². The highest BCUT2D eigenvalue weighted by molar-refractivity contribution is 5.14. The van der Waals surface area contributed by atoms with Crippen LogP contribution >= 0.6 is 0 Å². The molecular formula is C8H15N3O. The lowest BCUT2D eigenvalue weighted by Crippen LogP contribution is -2.33. The Morgan fingerprint density at radius 1 is 1.75 bits per heavy atom. The lowest BCUT2D eigenvalue weighted by atomic mass is 10.00. The van der Waals surface area contributed by atoms with Gasteiger partial charge >= 0.3 is 0 Å². The summed E-state index contributed by atoms with van der Waals surface area (Å²) < 4.78 is 7.05. The summed E-state index contributed by atoms with van der Waals surface area (Å²) in [5.74, 6) is 0. The number of methoxy groups -OCH3 is 1. The topological polar surface area (TPSA) is 53.1 Å². The van der Waals surface area contributed by atoms with Gasteiger partial charge in [-0.3, -0.25) is 4.68 Å². The first-order chi connectivity index (χ1) is 5.62. The van der Waals surface area contributed by atoms with Gasteiger partial charge in [-0.15, -0.1) is 0 Å². The Hall–Kier alpha value is -0.870. The van der Waals surface area contributed by atoms with Gasteiger partial charge in [-0.2, -0.15) is 5.10 Å². The van der Waals surface area contributed by atoms with E-state index in [1.807, 2.05) is 20.2 Å². The number of hydrogen-bond donors (Lipinski definition) is 1. The molecule has 1 aromatic heterocycles. The van der Waals surface area contributed by atoms with Crippen molar-refractivity contribution in [1.82, 2.24) is 9.78 Å². The lowest BCUT2D eigenvalue weighted by molar-refractivity contribution is 0.0100. The highest BCUT2D eigenvalue weighted by Gasteiger charge is 2.25. The molecule has 0 radical (unpaired) electrons. The molecule has 0 saturated carbocycles. The van der Waals surface area contributed by atoms with Crippen LogP contribution in [0.4, 0.5) is 0 Å². The summed E-state index contributed by atoms with van der Waals surface area (Å²) >= 11 is 0. The average molecular weight is 169 g/mol. The summed E-state index contributed by atoms with van der Waals surface area (Å²) in [6.07, 6.45) is 3.69. The SMILES string of the molecule is COC(C)(CN)c1cnn(C)c1. The molecule has 0 saturated heterocycles. The molecule has 0 aromatic carbocycles. The number of ether oxygens (including phenoxy) is 1. The standard InChI is InChI=1S/C8H15N3O/c1-8(6-9,12-3)7-4-10-11(2)5-7/h4-5H,6,9H2,1-3H3. The fourth-order valence-corrected chi connectivity index (χ4v) is 1.01. The lowest BCUT2D eigenvalue weighted by Gasteiger charge is -2.24.